The van der Waals surface area contributed by atoms with E-state index < -0.39 is 15.8 Å². The average Bonchev–Trinajstić information content (AvgIpc) is 2.38. The summed E-state index contributed by atoms with van der Waals surface area (Å²) in [7, 11) is -3.93. The van der Waals surface area contributed by atoms with Gasteiger partial charge in [-0.15, -0.1) is 0 Å². The lowest BCUT2D eigenvalue weighted by atomic mass is 10.2. The van der Waals surface area contributed by atoms with Gasteiger partial charge in [0.1, 0.15) is 5.82 Å². The first-order valence-electron chi connectivity index (χ1n) is 5.74. The van der Waals surface area contributed by atoms with Gasteiger partial charge in [0, 0.05) is 19.8 Å². The maximum atomic E-state index is 13.7. The summed E-state index contributed by atoms with van der Waals surface area (Å²) in [6, 6.07) is 6.88. The molecule has 21 heavy (non-hydrogen) atoms. The van der Waals surface area contributed by atoms with Crippen LogP contribution in [-0.4, -0.2) is 8.42 Å². The Morgan fingerprint density at radius 1 is 1.29 bits per heavy atom. The molecule has 3 N–H and O–H groups in total. The Morgan fingerprint density at radius 3 is 2.52 bits per heavy atom. The van der Waals surface area contributed by atoms with Crippen LogP contribution in [0.4, 0.5) is 15.8 Å². The second-order valence-electron chi connectivity index (χ2n) is 4.35. The van der Waals surface area contributed by atoms with E-state index in [0.717, 1.165) is 6.07 Å². The van der Waals surface area contributed by atoms with Crippen LogP contribution in [0.5, 0.6) is 0 Å². The van der Waals surface area contributed by atoms with E-state index in [0.29, 0.717) is 14.3 Å². The maximum absolute atomic E-state index is 13.7. The van der Waals surface area contributed by atoms with Crippen LogP contribution >= 0.6 is 34.2 Å². The third-order valence-electron chi connectivity index (χ3n) is 2.84. The topological polar surface area (TPSA) is 72.2 Å². The quantitative estimate of drug-likeness (QED) is 0.564. The van der Waals surface area contributed by atoms with Crippen LogP contribution in [0.2, 0.25) is 5.02 Å². The Bertz CT molecular complexity index is 789. The van der Waals surface area contributed by atoms with Gasteiger partial charge in [-0.2, -0.15) is 0 Å². The van der Waals surface area contributed by atoms with Crippen molar-refractivity contribution in [3.63, 3.8) is 0 Å². The summed E-state index contributed by atoms with van der Waals surface area (Å²) in [4.78, 5) is -0.228. The Balaban J connectivity index is 2.43. The van der Waals surface area contributed by atoms with Crippen LogP contribution in [0.3, 0.4) is 0 Å². The molecule has 0 aliphatic heterocycles. The lowest BCUT2D eigenvalue weighted by molar-refractivity contribution is 0.593. The maximum Gasteiger partial charge on any atom is 0.262 e. The molecular weight excluding hydrogens is 430 g/mol. The molecule has 0 bridgehead atoms. The fourth-order valence-electron chi connectivity index (χ4n) is 1.61. The van der Waals surface area contributed by atoms with Gasteiger partial charge in [0.2, 0.25) is 0 Å². The van der Waals surface area contributed by atoms with Crippen molar-refractivity contribution in [1.29, 1.82) is 0 Å². The molecule has 0 heterocycles. The van der Waals surface area contributed by atoms with Crippen molar-refractivity contribution in [3.8, 4) is 0 Å². The smallest absolute Gasteiger partial charge is 0.262 e. The molecule has 2 aromatic rings. The lowest BCUT2D eigenvalue weighted by Gasteiger charge is -2.11. The molecule has 0 aromatic heterocycles. The minimum absolute atomic E-state index is 0.0844. The zero-order valence-corrected chi connectivity index (χ0v) is 14.6. The van der Waals surface area contributed by atoms with Gasteiger partial charge in [-0.3, -0.25) is 4.72 Å². The molecule has 0 spiro atoms. The molecule has 0 aliphatic rings. The fourth-order valence-corrected chi connectivity index (χ4v) is 3.92. The van der Waals surface area contributed by atoms with Crippen LogP contribution in [0, 0.1) is 16.3 Å². The Labute approximate surface area is 140 Å². The number of sulfonamides is 1. The molecule has 0 saturated carbocycles. The van der Waals surface area contributed by atoms with Crippen LogP contribution in [0.1, 0.15) is 5.56 Å². The molecule has 2 aromatic carbocycles. The van der Waals surface area contributed by atoms with Crippen molar-refractivity contribution in [3.05, 3.63) is 50.3 Å². The summed E-state index contributed by atoms with van der Waals surface area (Å²) >= 11 is 7.77. The fraction of sp³-hybridized carbons (Fsp3) is 0.0769. The monoisotopic (exact) mass is 440 g/mol. The predicted octanol–water partition coefficient (Wildman–Crippen LogP) is 3.78. The van der Waals surface area contributed by atoms with Gasteiger partial charge in [-0.05, 0) is 59.8 Å². The van der Waals surface area contributed by atoms with Gasteiger partial charge < -0.3 is 5.73 Å². The highest BCUT2D eigenvalue weighted by Gasteiger charge is 2.18. The van der Waals surface area contributed by atoms with Gasteiger partial charge in [-0.1, -0.05) is 11.6 Å². The van der Waals surface area contributed by atoms with Crippen LogP contribution in [0.15, 0.2) is 35.2 Å². The highest BCUT2D eigenvalue weighted by atomic mass is 127. The number of anilines is 2. The van der Waals surface area contributed by atoms with E-state index >= 15 is 0 Å². The molecule has 0 aliphatic carbocycles. The van der Waals surface area contributed by atoms with Crippen LogP contribution < -0.4 is 10.5 Å². The van der Waals surface area contributed by atoms with Crippen molar-refractivity contribution in [2.24, 2.45) is 0 Å². The first kappa shape index (κ1) is 16.3. The van der Waals surface area contributed by atoms with E-state index in [2.05, 4.69) is 4.72 Å². The van der Waals surface area contributed by atoms with Crippen LogP contribution in [-0.2, 0) is 10.0 Å². The highest BCUT2D eigenvalue weighted by Crippen LogP contribution is 2.26. The number of hydrogen-bond donors (Lipinski definition) is 2. The van der Waals surface area contributed by atoms with Gasteiger partial charge in [0.05, 0.1) is 10.6 Å². The van der Waals surface area contributed by atoms with Crippen molar-refractivity contribution < 1.29 is 12.8 Å². The third-order valence-corrected chi connectivity index (χ3v) is 5.32. The average molecular weight is 441 g/mol. The molecule has 0 saturated heterocycles. The van der Waals surface area contributed by atoms with Crippen molar-refractivity contribution in [1.82, 2.24) is 0 Å². The van der Waals surface area contributed by atoms with Gasteiger partial charge >= 0.3 is 0 Å². The molecule has 112 valence electrons. The summed E-state index contributed by atoms with van der Waals surface area (Å²) in [5, 5.41) is 0.493. The summed E-state index contributed by atoms with van der Waals surface area (Å²) in [6.45, 7) is 1.48. The number of nitrogens with one attached hydrogen (secondary N) is 1. The summed E-state index contributed by atoms with van der Waals surface area (Å²) in [5.74, 6) is -0.666. The van der Waals surface area contributed by atoms with Crippen LogP contribution in [0.25, 0.3) is 0 Å². The van der Waals surface area contributed by atoms with Crippen molar-refractivity contribution >= 4 is 55.6 Å². The van der Waals surface area contributed by atoms with Gasteiger partial charge in [0.15, 0.2) is 0 Å². The molecule has 0 unspecified atom stereocenters. The number of nitrogen functional groups attached to an aromatic ring is 1. The number of halogens is 3. The molecule has 0 fully saturated rings. The minimum Gasteiger partial charge on any atom is -0.398 e. The summed E-state index contributed by atoms with van der Waals surface area (Å²) in [5.41, 5.74) is 6.27. The Morgan fingerprint density at radius 2 is 1.95 bits per heavy atom. The molecule has 0 amide bonds. The SMILES string of the molecule is Cc1c(N)cc(S(=O)(=O)Nc2ccc(Cl)cc2I)cc1F. The minimum atomic E-state index is -3.93. The highest BCUT2D eigenvalue weighted by molar-refractivity contribution is 14.1. The zero-order chi connectivity index (χ0) is 15.8. The second kappa shape index (κ2) is 5.98. The predicted molar refractivity (Wildman–Crippen MR) is 90.5 cm³/mol. The number of rotatable bonds is 3. The van der Waals surface area contributed by atoms with E-state index in [9.17, 15) is 12.8 Å². The Hall–Kier alpha value is -1.06. The van der Waals surface area contributed by atoms with E-state index in [4.69, 9.17) is 17.3 Å². The van der Waals surface area contributed by atoms with E-state index in [1.165, 1.54) is 19.1 Å². The summed E-state index contributed by atoms with van der Waals surface area (Å²) < 4.78 is 41.2. The van der Waals surface area contributed by atoms with E-state index in [1.54, 1.807) is 12.1 Å². The number of nitrogens with two attached hydrogens (primary N) is 1. The van der Waals surface area contributed by atoms with E-state index in [1.807, 2.05) is 22.6 Å². The number of hydrogen-bond acceptors (Lipinski definition) is 3. The van der Waals surface area contributed by atoms with Gasteiger partial charge in [-0.25, -0.2) is 12.8 Å². The lowest BCUT2D eigenvalue weighted by Crippen LogP contribution is -2.15. The van der Waals surface area contributed by atoms with Crippen molar-refractivity contribution in [2.75, 3.05) is 10.5 Å². The molecular formula is C13H11ClFIN2O2S. The molecule has 0 radical (unpaired) electrons. The first-order chi connectivity index (χ1) is 9.70. The number of benzene rings is 2. The standard InChI is InChI=1S/C13H11ClFIN2O2S/c1-7-10(15)5-9(6-12(7)17)21(19,20)18-13-3-2-8(14)4-11(13)16/h2-6,18H,17H2,1H3. The molecule has 0 atom stereocenters. The second-order valence-corrected chi connectivity index (χ2v) is 7.63. The van der Waals surface area contributed by atoms with E-state index in [-0.39, 0.29) is 16.1 Å². The zero-order valence-electron chi connectivity index (χ0n) is 10.8. The normalized spacial score (nSPS) is 11.4. The Kier molecular flexibility index (Phi) is 4.64. The molecule has 4 nitrogen and oxygen atoms in total. The van der Waals surface area contributed by atoms with Gasteiger partial charge in [0.25, 0.3) is 10.0 Å². The summed E-state index contributed by atoms with van der Waals surface area (Å²) in [6.07, 6.45) is 0. The third kappa shape index (κ3) is 3.58. The largest absolute Gasteiger partial charge is 0.398 e. The van der Waals surface area contributed by atoms with Crippen molar-refractivity contribution in [2.45, 2.75) is 11.8 Å². The molecule has 2 rings (SSSR count). The first-order valence-corrected chi connectivity index (χ1v) is 8.68. The molecule has 8 heteroatoms.